The van der Waals surface area contributed by atoms with Gasteiger partial charge in [0.05, 0.1) is 5.54 Å². The topological polar surface area (TPSA) is 81.8 Å². The maximum Gasteiger partial charge on any atom is 0.329 e. The summed E-state index contributed by atoms with van der Waals surface area (Å²) in [5.41, 5.74) is 5.36. The zero-order valence-corrected chi connectivity index (χ0v) is 21.3. The fraction of sp³-hybridized carbons (Fsp3) is 0.296. The van der Waals surface area contributed by atoms with Crippen molar-refractivity contribution in [2.75, 3.05) is 23.3 Å². The minimum Gasteiger partial charge on any atom is -0.363 e. The fourth-order valence-electron chi connectivity index (χ4n) is 4.65. The SMILES string of the molecule is CCN1c2cc(Cl)c(/C=C3/NC(=O)N(CC(=O)Nc4ccc(C)cc4)C3=O)cc2C(C)=CC1(C)C. The van der Waals surface area contributed by atoms with E-state index < -0.39 is 24.4 Å². The number of nitrogens with zero attached hydrogens (tertiary/aromatic N) is 2. The number of carbonyl (C=O) groups excluding carboxylic acids is 3. The van der Waals surface area contributed by atoms with Crippen LogP contribution in [0.1, 0.15) is 44.4 Å². The van der Waals surface area contributed by atoms with Gasteiger partial charge in [-0.2, -0.15) is 0 Å². The summed E-state index contributed by atoms with van der Waals surface area (Å²) in [5, 5.41) is 5.74. The number of benzene rings is 2. The molecule has 4 amide bonds. The molecular weight excluding hydrogens is 464 g/mol. The molecule has 1 saturated heterocycles. The summed E-state index contributed by atoms with van der Waals surface area (Å²) in [6, 6.07) is 10.4. The van der Waals surface area contributed by atoms with E-state index in [1.165, 1.54) is 0 Å². The van der Waals surface area contributed by atoms with E-state index in [9.17, 15) is 14.4 Å². The summed E-state index contributed by atoms with van der Waals surface area (Å²) in [6.45, 7) is 10.8. The van der Waals surface area contributed by atoms with E-state index >= 15 is 0 Å². The number of urea groups is 1. The average Bonchev–Trinajstić information content (AvgIpc) is 3.03. The fourth-order valence-corrected chi connectivity index (χ4v) is 4.87. The molecule has 0 atom stereocenters. The number of rotatable bonds is 5. The molecule has 2 aliphatic rings. The maximum absolute atomic E-state index is 12.9. The summed E-state index contributed by atoms with van der Waals surface area (Å²) in [4.78, 5) is 41.0. The third kappa shape index (κ3) is 4.82. The first-order valence-electron chi connectivity index (χ1n) is 11.5. The Kier molecular flexibility index (Phi) is 6.47. The molecule has 0 aliphatic carbocycles. The number of amides is 4. The third-order valence-corrected chi connectivity index (χ3v) is 6.64. The van der Waals surface area contributed by atoms with Crippen LogP contribution in [-0.2, 0) is 9.59 Å². The highest BCUT2D eigenvalue weighted by Crippen LogP contribution is 2.41. The van der Waals surface area contributed by atoms with Gasteiger partial charge in [0.15, 0.2) is 0 Å². The summed E-state index contributed by atoms with van der Waals surface area (Å²) < 4.78 is 0. The van der Waals surface area contributed by atoms with Crippen LogP contribution < -0.4 is 15.5 Å². The van der Waals surface area contributed by atoms with Crippen LogP contribution in [-0.4, -0.2) is 41.4 Å². The highest BCUT2D eigenvalue weighted by Gasteiger charge is 2.35. The normalized spacial score (nSPS) is 17.9. The second kappa shape index (κ2) is 9.23. The van der Waals surface area contributed by atoms with Crippen LogP contribution >= 0.6 is 11.6 Å². The number of hydrogen-bond donors (Lipinski definition) is 2. The minimum atomic E-state index is -0.649. The highest BCUT2D eigenvalue weighted by atomic mass is 35.5. The van der Waals surface area contributed by atoms with Crippen molar-refractivity contribution in [3.05, 3.63) is 69.9 Å². The molecule has 2 N–H and O–H groups in total. The number of aryl methyl sites for hydroxylation is 1. The zero-order valence-electron chi connectivity index (χ0n) is 20.5. The number of carbonyl (C=O) groups is 3. The molecule has 0 radical (unpaired) electrons. The number of fused-ring (bicyclic) bond motifs is 1. The molecule has 2 aromatic rings. The second-order valence-electron chi connectivity index (χ2n) is 9.41. The van der Waals surface area contributed by atoms with Crippen molar-refractivity contribution >= 4 is 52.5 Å². The van der Waals surface area contributed by atoms with Gasteiger partial charge in [0, 0.05) is 28.5 Å². The van der Waals surface area contributed by atoms with E-state index in [2.05, 4.69) is 49.3 Å². The predicted octanol–water partition coefficient (Wildman–Crippen LogP) is 5.20. The Labute approximate surface area is 210 Å². The molecule has 2 aliphatic heterocycles. The van der Waals surface area contributed by atoms with E-state index in [4.69, 9.17) is 11.6 Å². The highest BCUT2D eigenvalue weighted by molar-refractivity contribution is 6.32. The van der Waals surface area contributed by atoms with Gasteiger partial charge in [0.1, 0.15) is 12.2 Å². The van der Waals surface area contributed by atoms with E-state index in [1.807, 2.05) is 31.2 Å². The monoisotopic (exact) mass is 492 g/mol. The summed E-state index contributed by atoms with van der Waals surface area (Å²) in [7, 11) is 0. The van der Waals surface area contributed by atoms with Crippen LogP contribution in [0.15, 0.2) is 48.2 Å². The Bertz CT molecular complexity index is 1280. The first-order valence-corrected chi connectivity index (χ1v) is 11.9. The number of likely N-dealkylation sites (N-methyl/N-ethyl adjacent to an activating group) is 1. The standard InChI is InChI=1S/C27H29ClN4O3/c1-6-32-23-13-21(28)18(11-20(23)17(3)14-27(32,4)5)12-22-25(34)31(26(35)30-22)15-24(33)29-19-9-7-16(2)8-10-19/h7-14H,6,15H2,1-5H3,(H,29,33)(H,30,35)/b22-12+. The van der Waals surface area contributed by atoms with Crippen LogP contribution in [0.3, 0.4) is 0 Å². The number of imide groups is 1. The lowest BCUT2D eigenvalue weighted by molar-refractivity contribution is -0.127. The van der Waals surface area contributed by atoms with E-state index in [0.717, 1.165) is 33.8 Å². The van der Waals surface area contributed by atoms with E-state index in [-0.39, 0.29) is 11.2 Å². The Morgan fingerprint density at radius 3 is 2.49 bits per heavy atom. The first-order chi connectivity index (χ1) is 16.5. The van der Waals surface area contributed by atoms with Gasteiger partial charge in [-0.25, -0.2) is 9.69 Å². The molecule has 8 heteroatoms. The lowest BCUT2D eigenvalue weighted by Gasteiger charge is -2.43. The summed E-state index contributed by atoms with van der Waals surface area (Å²) in [6.07, 6.45) is 3.77. The van der Waals surface area contributed by atoms with Crippen molar-refractivity contribution in [3.8, 4) is 0 Å². The van der Waals surface area contributed by atoms with Gasteiger partial charge in [-0.3, -0.25) is 9.59 Å². The molecule has 0 bridgehead atoms. The van der Waals surface area contributed by atoms with Gasteiger partial charge in [-0.05, 0) is 76.1 Å². The van der Waals surface area contributed by atoms with Gasteiger partial charge in [0.25, 0.3) is 5.91 Å². The smallest absolute Gasteiger partial charge is 0.329 e. The lowest BCUT2D eigenvalue weighted by atomic mass is 9.88. The molecule has 0 saturated carbocycles. The van der Waals surface area contributed by atoms with Gasteiger partial charge in [-0.1, -0.05) is 35.4 Å². The number of nitrogens with one attached hydrogen (secondary N) is 2. The number of allylic oxidation sites excluding steroid dienone is 1. The Balaban J connectivity index is 1.56. The minimum absolute atomic E-state index is 0.0742. The predicted molar refractivity (Wildman–Crippen MR) is 140 cm³/mol. The van der Waals surface area contributed by atoms with Crippen molar-refractivity contribution in [1.82, 2.24) is 10.2 Å². The molecule has 7 nitrogen and oxygen atoms in total. The van der Waals surface area contributed by atoms with Crippen molar-refractivity contribution in [2.45, 2.75) is 40.2 Å². The number of halogens is 1. The van der Waals surface area contributed by atoms with Crippen LogP contribution in [0, 0.1) is 6.92 Å². The molecule has 1 fully saturated rings. The second-order valence-corrected chi connectivity index (χ2v) is 9.82. The van der Waals surface area contributed by atoms with Crippen LogP contribution in [0.4, 0.5) is 16.2 Å². The van der Waals surface area contributed by atoms with E-state index in [0.29, 0.717) is 16.3 Å². The maximum atomic E-state index is 12.9. The van der Waals surface area contributed by atoms with Crippen molar-refractivity contribution in [2.24, 2.45) is 0 Å². The van der Waals surface area contributed by atoms with Crippen molar-refractivity contribution in [1.29, 1.82) is 0 Å². The third-order valence-electron chi connectivity index (χ3n) is 6.31. The summed E-state index contributed by atoms with van der Waals surface area (Å²) in [5.74, 6) is -1.04. The molecular formula is C27H29ClN4O3. The molecule has 4 rings (SSSR count). The Morgan fingerprint density at radius 1 is 1.14 bits per heavy atom. The van der Waals surface area contributed by atoms with Gasteiger partial charge in [0.2, 0.25) is 5.91 Å². The van der Waals surface area contributed by atoms with Crippen LogP contribution in [0.5, 0.6) is 0 Å². The van der Waals surface area contributed by atoms with E-state index in [1.54, 1.807) is 18.2 Å². The Hall–Kier alpha value is -3.58. The largest absolute Gasteiger partial charge is 0.363 e. The molecule has 0 aromatic heterocycles. The molecule has 182 valence electrons. The van der Waals surface area contributed by atoms with Gasteiger partial charge < -0.3 is 15.5 Å². The van der Waals surface area contributed by atoms with Crippen LogP contribution in [0.2, 0.25) is 5.02 Å². The number of anilines is 2. The van der Waals surface area contributed by atoms with Gasteiger partial charge >= 0.3 is 6.03 Å². The zero-order chi connectivity index (χ0) is 25.5. The Morgan fingerprint density at radius 2 is 1.83 bits per heavy atom. The average molecular weight is 493 g/mol. The first kappa shape index (κ1) is 24.5. The molecule has 35 heavy (non-hydrogen) atoms. The molecule has 2 heterocycles. The van der Waals surface area contributed by atoms with Gasteiger partial charge in [-0.15, -0.1) is 0 Å². The molecule has 0 spiro atoms. The lowest BCUT2D eigenvalue weighted by Crippen LogP contribution is -2.44. The number of hydrogen-bond acceptors (Lipinski definition) is 4. The molecule has 0 unspecified atom stereocenters. The van der Waals surface area contributed by atoms with Crippen LogP contribution in [0.25, 0.3) is 11.6 Å². The summed E-state index contributed by atoms with van der Waals surface area (Å²) >= 11 is 6.62. The van der Waals surface area contributed by atoms with Crippen molar-refractivity contribution in [3.63, 3.8) is 0 Å². The van der Waals surface area contributed by atoms with Crippen molar-refractivity contribution < 1.29 is 14.4 Å². The molecule has 2 aromatic carbocycles. The quantitative estimate of drug-likeness (QED) is 0.444.